The molecule has 0 heterocycles. The third-order valence-corrected chi connectivity index (χ3v) is 3.89. The van der Waals surface area contributed by atoms with Gasteiger partial charge >= 0.3 is 0 Å². The van der Waals surface area contributed by atoms with Crippen molar-refractivity contribution in [2.45, 2.75) is 38.9 Å². The van der Waals surface area contributed by atoms with E-state index in [0.717, 1.165) is 30.6 Å². The number of aliphatic hydroxyl groups excluding tert-OH is 1. The van der Waals surface area contributed by atoms with Crippen molar-refractivity contribution in [1.82, 2.24) is 0 Å². The molecular weight excluding hydrogens is 248 g/mol. The quantitative estimate of drug-likeness (QED) is 0.913. The first kappa shape index (κ1) is 13.2. The van der Waals surface area contributed by atoms with Crippen molar-refractivity contribution in [3.05, 3.63) is 64.7 Å². The minimum absolute atomic E-state index is 0.332. The molecule has 0 bridgehead atoms. The molecule has 0 spiro atoms. The average Bonchev–Trinajstić information content (AvgIpc) is 2.46. The van der Waals surface area contributed by atoms with E-state index in [9.17, 15) is 5.11 Å². The maximum atomic E-state index is 10.1. The summed E-state index contributed by atoms with van der Waals surface area (Å²) in [5, 5.41) is 10.1. The summed E-state index contributed by atoms with van der Waals surface area (Å²) in [5.74, 6) is 0.839. The first-order chi connectivity index (χ1) is 9.72. The molecule has 20 heavy (non-hydrogen) atoms. The van der Waals surface area contributed by atoms with E-state index in [4.69, 9.17) is 4.74 Å². The molecule has 0 saturated carbocycles. The summed E-state index contributed by atoms with van der Waals surface area (Å²) in [7, 11) is 0. The van der Waals surface area contributed by atoms with Crippen molar-refractivity contribution < 1.29 is 9.84 Å². The fourth-order valence-electron chi connectivity index (χ4n) is 2.81. The number of rotatable bonds is 3. The normalized spacial score (nSPS) is 17.6. The van der Waals surface area contributed by atoms with Crippen LogP contribution in [0.3, 0.4) is 0 Å². The number of hydrogen-bond donors (Lipinski definition) is 1. The van der Waals surface area contributed by atoms with E-state index in [-0.39, 0.29) is 6.10 Å². The third kappa shape index (κ3) is 2.86. The summed E-state index contributed by atoms with van der Waals surface area (Å²) in [6, 6.07) is 14.4. The summed E-state index contributed by atoms with van der Waals surface area (Å²) in [4.78, 5) is 0. The van der Waals surface area contributed by atoms with E-state index in [2.05, 4.69) is 31.2 Å². The van der Waals surface area contributed by atoms with Gasteiger partial charge in [-0.25, -0.2) is 0 Å². The second kappa shape index (κ2) is 5.68. The Morgan fingerprint density at radius 1 is 1.20 bits per heavy atom. The van der Waals surface area contributed by atoms with Gasteiger partial charge in [-0.05, 0) is 55.0 Å². The Balaban J connectivity index is 1.73. The van der Waals surface area contributed by atoms with Crippen LogP contribution in [0.1, 0.15) is 41.2 Å². The summed E-state index contributed by atoms with van der Waals surface area (Å²) >= 11 is 0. The van der Waals surface area contributed by atoms with Crippen molar-refractivity contribution >= 4 is 0 Å². The standard InChI is InChI=1S/C18H20O2/c1-13-4-2-5-14(10-13)12-20-16-9-8-15-6-3-7-18(19)17(15)11-16/h2,4-5,8-11,18-19H,3,6-7,12H2,1H3. The highest BCUT2D eigenvalue weighted by Gasteiger charge is 2.18. The SMILES string of the molecule is Cc1cccc(COc2ccc3c(c2)C(O)CCC3)c1. The molecular formula is C18H20O2. The van der Waals surface area contributed by atoms with E-state index in [1.807, 2.05) is 18.2 Å². The fourth-order valence-corrected chi connectivity index (χ4v) is 2.81. The first-order valence-electron chi connectivity index (χ1n) is 7.21. The van der Waals surface area contributed by atoms with E-state index in [1.165, 1.54) is 16.7 Å². The molecule has 0 fully saturated rings. The van der Waals surface area contributed by atoms with E-state index in [0.29, 0.717) is 6.61 Å². The molecule has 0 saturated heterocycles. The van der Waals surface area contributed by atoms with Crippen LogP contribution >= 0.6 is 0 Å². The molecule has 1 aliphatic rings. The number of fused-ring (bicyclic) bond motifs is 1. The molecule has 2 aromatic rings. The minimum atomic E-state index is -0.332. The molecule has 2 heteroatoms. The van der Waals surface area contributed by atoms with Crippen LogP contribution in [0.5, 0.6) is 5.75 Å². The zero-order valence-electron chi connectivity index (χ0n) is 11.8. The van der Waals surface area contributed by atoms with Crippen LogP contribution in [0.2, 0.25) is 0 Å². The maximum absolute atomic E-state index is 10.1. The zero-order valence-corrected chi connectivity index (χ0v) is 11.8. The Kier molecular flexibility index (Phi) is 3.75. The summed E-state index contributed by atoms with van der Waals surface area (Å²) in [6.07, 6.45) is 2.65. The highest BCUT2D eigenvalue weighted by molar-refractivity contribution is 5.38. The van der Waals surface area contributed by atoms with Gasteiger partial charge < -0.3 is 9.84 Å². The van der Waals surface area contributed by atoms with Crippen LogP contribution in [0.25, 0.3) is 0 Å². The molecule has 1 atom stereocenters. The lowest BCUT2D eigenvalue weighted by molar-refractivity contribution is 0.156. The highest BCUT2D eigenvalue weighted by Crippen LogP contribution is 2.32. The van der Waals surface area contributed by atoms with Gasteiger partial charge in [0.2, 0.25) is 0 Å². The predicted octanol–water partition coefficient (Wildman–Crippen LogP) is 3.94. The Morgan fingerprint density at radius 2 is 2.10 bits per heavy atom. The topological polar surface area (TPSA) is 29.5 Å². The molecule has 0 radical (unpaired) electrons. The third-order valence-electron chi connectivity index (χ3n) is 3.89. The van der Waals surface area contributed by atoms with Gasteiger partial charge in [0.05, 0.1) is 6.10 Å². The van der Waals surface area contributed by atoms with Crippen molar-refractivity contribution in [2.75, 3.05) is 0 Å². The molecule has 1 aliphatic carbocycles. The van der Waals surface area contributed by atoms with Crippen LogP contribution in [0.4, 0.5) is 0 Å². The summed E-state index contributed by atoms with van der Waals surface area (Å²) in [5.41, 5.74) is 4.71. The second-order valence-electron chi connectivity index (χ2n) is 5.55. The fraction of sp³-hybridized carbons (Fsp3) is 0.333. The number of aryl methyl sites for hydroxylation is 2. The largest absolute Gasteiger partial charge is 0.489 e. The monoisotopic (exact) mass is 268 g/mol. The smallest absolute Gasteiger partial charge is 0.120 e. The number of ether oxygens (including phenoxy) is 1. The highest BCUT2D eigenvalue weighted by atomic mass is 16.5. The van der Waals surface area contributed by atoms with Gasteiger partial charge in [0.15, 0.2) is 0 Å². The Morgan fingerprint density at radius 3 is 2.95 bits per heavy atom. The Labute approximate surface area is 120 Å². The van der Waals surface area contributed by atoms with Gasteiger partial charge in [0.25, 0.3) is 0 Å². The Bertz CT molecular complexity index is 604. The number of benzene rings is 2. The molecule has 1 unspecified atom stereocenters. The van der Waals surface area contributed by atoms with Crippen LogP contribution in [-0.2, 0) is 13.0 Å². The molecule has 0 aliphatic heterocycles. The van der Waals surface area contributed by atoms with Gasteiger partial charge in [0, 0.05) is 0 Å². The summed E-state index contributed by atoms with van der Waals surface area (Å²) < 4.78 is 5.85. The lowest BCUT2D eigenvalue weighted by Gasteiger charge is -2.22. The van der Waals surface area contributed by atoms with Gasteiger partial charge in [0.1, 0.15) is 12.4 Å². The van der Waals surface area contributed by atoms with Crippen molar-refractivity contribution in [3.8, 4) is 5.75 Å². The minimum Gasteiger partial charge on any atom is -0.489 e. The van der Waals surface area contributed by atoms with Crippen LogP contribution in [0, 0.1) is 6.92 Å². The van der Waals surface area contributed by atoms with Crippen molar-refractivity contribution in [3.63, 3.8) is 0 Å². The number of aliphatic hydroxyl groups is 1. The lowest BCUT2D eigenvalue weighted by Crippen LogP contribution is -2.09. The van der Waals surface area contributed by atoms with Crippen LogP contribution in [-0.4, -0.2) is 5.11 Å². The average molecular weight is 268 g/mol. The lowest BCUT2D eigenvalue weighted by atomic mass is 9.89. The molecule has 0 amide bonds. The van der Waals surface area contributed by atoms with Gasteiger partial charge in [-0.1, -0.05) is 35.9 Å². The van der Waals surface area contributed by atoms with E-state index >= 15 is 0 Å². The number of hydrogen-bond acceptors (Lipinski definition) is 2. The van der Waals surface area contributed by atoms with Crippen LogP contribution < -0.4 is 4.74 Å². The first-order valence-corrected chi connectivity index (χ1v) is 7.21. The molecule has 2 nitrogen and oxygen atoms in total. The molecule has 104 valence electrons. The van der Waals surface area contributed by atoms with Gasteiger partial charge in [-0.3, -0.25) is 0 Å². The summed E-state index contributed by atoms with van der Waals surface area (Å²) in [6.45, 7) is 2.65. The van der Waals surface area contributed by atoms with Crippen molar-refractivity contribution in [2.24, 2.45) is 0 Å². The van der Waals surface area contributed by atoms with Crippen LogP contribution in [0.15, 0.2) is 42.5 Å². The maximum Gasteiger partial charge on any atom is 0.120 e. The zero-order chi connectivity index (χ0) is 13.9. The van der Waals surface area contributed by atoms with Gasteiger partial charge in [-0.15, -0.1) is 0 Å². The Hall–Kier alpha value is -1.80. The van der Waals surface area contributed by atoms with E-state index < -0.39 is 0 Å². The molecule has 3 rings (SSSR count). The van der Waals surface area contributed by atoms with Crippen molar-refractivity contribution in [1.29, 1.82) is 0 Å². The van der Waals surface area contributed by atoms with Gasteiger partial charge in [-0.2, -0.15) is 0 Å². The predicted molar refractivity (Wildman–Crippen MR) is 79.9 cm³/mol. The molecule has 2 aromatic carbocycles. The second-order valence-corrected chi connectivity index (χ2v) is 5.55. The molecule has 0 aromatic heterocycles. The van der Waals surface area contributed by atoms with E-state index in [1.54, 1.807) is 0 Å². The molecule has 1 N–H and O–H groups in total.